The van der Waals surface area contributed by atoms with Crippen LogP contribution in [0.2, 0.25) is 4.44 Å². The molecular weight excluding hydrogens is 419 g/mol. The minimum absolute atomic E-state index is 0.0971. The average molecular weight is 457 g/mol. The van der Waals surface area contributed by atoms with Crippen molar-refractivity contribution in [2.24, 2.45) is 5.41 Å². The van der Waals surface area contributed by atoms with E-state index in [0.29, 0.717) is 39.6 Å². The van der Waals surface area contributed by atoms with E-state index >= 15 is 0 Å². The van der Waals surface area contributed by atoms with E-state index in [2.05, 4.69) is 20.8 Å². The molecular formula is C17H38O6Sn. The SMILES string of the molecule is COCCC[O][Sn]([CH2]C(C)(C)C)([O]CCCOC)[O]CCCOC. The van der Waals surface area contributed by atoms with Gasteiger partial charge in [0.1, 0.15) is 0 Å². The molecule has 0 radical (unpaired) electrons. The van der Waals surface area contributed by atoms with Crippen LogP contribution in [0.15, 0.2) is 0 Å². The van der Waals surface area contributed by atoms with Crippen molar-refractivity contribution in [2.75, 3.05) is 61.0 Å². The molecule has 0 spiro atoms. The first-order valence-corrected chi connectivity index (χ1v) is 14.3. The monoisotopic (exact) mass is 458 g/mol. The van der Waals surface area contributed by atoms with Gasteiger partial charge in [0.25, 0.3) is 0 Å². The summed E-state index contributed by atoms with van der Waals surface area (Å²) in [4.78, 5) is 0. The molecule has 0 saturated heterocycles. The third-order valence-electron chi connectivity index (χ3n) is 3.19. The molecule has 0 aliphatic rings. The van der Waals surface area contributed by atoms with Crippen molar-refractivity contribution < 1.29 is 23.4 Å². The third kappa shape index (κ3) is 13.8. The summed E-state index contributed by atoms with van der Waals surface area (Å²) in [5, 5.41) is 0. The summed E-state index contributed by atoms with van der Waals surface area (Å²) < 4.78 is 35.0. The first-order chi connectivity index (χ1) is 11.4. The van der Waals surface area contributed by atoms with Crippen LogP contribution < -0.4 is 0 Å². The second kappa shape index (κ2) is 14.7. The molecule has 0 bridgehead atoms. The van der Waals surface area contributed by atoms with Gasteiger partial charge in [-0.15, -0.1) is 0 Å². The Balaban J connectivity index is 4.78. The van der Waals surface area contributed by atoms with Gasteiger partial charge in [-0.2, -0.15) is 0 Å². The zero-order valence-electron chi connectivity index (χ0n) is 16.5. The van der Waals surface area contributed by atoms with Crippen LogP contribution in [0.4, 0.5) is 0 Å². The van der Waals surface area contributed by atoms with Crippen LogP contribution in [-0.4, -0.2) is 80.6 Å². The van der Waals surface area contributed by atoms with Gasteiger partial charge in [0.15, 0.2) is 0 Å². The third-order valence-corrected chi connectivity index (χ3v) is 13.0. The summed E-state index contributed by atoms with van der Waals surface area (Å²) in [6.45, 7) is 10.5. The molecule has 7 heteroatoms. The first-order valence-electron chi connectivity index (χ1n) is 8.78. The molecule has 0 unspecified atom stereocenters. The van der Waals surface area contributed by atoms with Gasteiger partial charge >= 0.3 is 154 Å². The topological polar surface area (TPSA) is 55.4 Å². The fourth-order valence-electron chi connectivity index (χ4n) is 2.22. The van der Waals surface area contributed by atoms with Crippen molar-refractivity contribution in [3.8, 4) is 0 Å². The fourth-order valence-corrected chi connectivity index (χ4v) is 11.4. The van der Waals surface area contributed by atoms with E-state index in [1.165, 1.54) is 0 Å². The molecule has 0 aromatic rings. The molecule has 24 heavy (non-hydrogen) atoms. The summed E-state index contributed by atoms with van der Waals surface area (Å²) in [6, 6.07) is 0. The summed E-state index contributed by atoms with van der Waals surface area (Å²) in [5.74, 6) is 0. The predicted molar refractivity (Wildman–Crippen MR) is 97.4 cm³/mol. The van der Waals surface area contributed by atoms with Crippen molar-refractivity contribution in [1.29, 1.82) is 0 Å². The van der Waals surface area contributed by atoms with Crippen molar-refractivity contribution in [3.63, 3.8) is 0 Å². The summed E-state index contributed by atoms with van der Waals surface area (Å²) in [7, 11) is 5.11. The van der Waals surface area contributed by atoms with Gasteiger partial charge in [0.2, 0.25) is 0 Å². The standard InChI is InChI=1S/C5H11.3C4H9O2.Sn/c1-5(2,3)4;3*1-6-4-2-3-5;/h1H2,2-4H3;3*2-4H2,1H3;/q;3*-1;+3. The molecule has 0 rings (SSSR count). The van der Waals surface area contributed by atoms with E-state index in [1.54, 1.807) is 21.3 Å². The van der Waals surface area contributed by atoms with Gasteiger partial charge in [-0.05, 0) is 0 Å². The number of hydrogen-bond donors (Lipinski definition) is 0. The van der Waals surface area contributed by atoms with Crippen LogP contribution in [0.25, 0.3) is 0 Å². The van der Waals surface area contributed by atoms with Gasteiger partial charge in [0.05, 0.1) is 0 Å². The van der Waals surface area contributed by atoms with E-state index < -0.39 is 19.6 Å². The zero-order valence-corrected chi connectivity index (χ0v) is 19.4. The van der Waals surface area contributed by atoms with E-state index in [-0.39, 0.29) is 5.41 Å². The Hall–Kier alpha value is 0.559. The van der Waals surface area contributed by atoms with Crippen LogP contribution in [0.5, 0.6) is 0 Å². The number of methoxy groups -OCH3 is 3. The Kier molecular flexibility index (Phi) is 15.0. The second-order valence-corrected chi connectivity index (χ2v) is 14.4. The maximum absolute atomic E-state index is 6.27. The van der Waals surface area contributed by atoms with Gasteiger partial charge in [-0.3, -0.25) is 0 Å². The van der Waals surface area contributed by atoms with E-state index in [0.717, 1.165) is 23.7 Å². The molecule has 6 nitrogen and oxygen atoms in total. The molecule has 0 heterocycles. The second-order valence-electron chi connectivity index (χ2n) is 7.00. The number of rotatable bonds is 16. The Labute approximate surface area is 154 Å². The normalized spacial score (nSPS) is 12.8. The van der Waals surface area contributed by atoms with Crippen molar-refractivity contribution in [3.05, 3.63) is 0 Å². The minimum atomic E-state index is -3.62. The molecule has 0 fully saturated rings. The maximum atomic E-state index is 6.27. The van der Waals surface area contributed by atoms with Crippen LogP contribution >= 0.6 is 0 Å². The van der Waals surface area contributed by atoms with E-state index in [4.69, 9.17) is 23.4 Å². The zero-order chi connectivity index (χ0) is 18.3. The van der Waals surface area contributed by atoms with Crippen LogP contribution in [0, 0.1) is 5.41 Å². The van der Waals surface area contributed by atoms with Gasteiger partial charge in [0, 0.05) is 0 Å². The molecule has 0 saturated carbocycles. The van der Waals surface area contributed by atoms with Crippen LogP contribution in [-0.2, 0) is 23.4 Å². The molecule has 0 amide bonds. The molecule has 0 N–H and O–H groups in total. The molecule has 0 aliphatic heterocycles. The molecule has 0 aliphatic carbocycles. The molecule has 0 atom stereocenters. The van der Waals surface area contributed by atoms with Gasteiger partial charge in [-0.25, -0.2) is 0 Å². The summed E-state index contributed by atoms with van der Waals surface area (Å²) in [6.07, 6.45) is 2.55. The molecule has 146 valence electrons. The van der Waals surface area contributed by atoms with E-state index in [9.17, 15) is 0 Å². The Morgan fingerprint density at radius 2 is 0.917 bits per heavy atom. The van der Waals surface area contributed by atoms with Crippen LogP contribution in [0.3, 0.4) is 0 Å². The molecule has 0 aromatic carbocycles. The van der Waals surface area contributed by atoms with Crippen LogP contribution in [0.1, 0.15) is 40.0 Å². The van der Waals surface area contributed by atoms with E-state index in [1.807, 2.05) is 0 Å². The number of hydrogen-bond acceptors (Lipinski definition) is 6. The van der Waals surface area contributed by atoms with Crippen molar-refractivity contribution in [1.82, 2.24) is 0 Å². The average Bonchev–Trinajstić information content (AvgIpc) is 2.51. The van der Waals surface area contributed by atoms with Crippen molar-refractivity contribution >= 4 is 19.6 Å². The Morgan fingerprint density at radius 1 is 0.583 bits per heavy atom. The van der Waals surface area contributed by atoms with Gasteiger partial charge in [-0.1, -0.05) is 0 Å². The first kappa shape index (κ1) is 24.6. The fraction of sp³-hybridized carbons (Fsp3) is 1.00. The number of ether oxygens (including phenoxy) is 3. The molecule has 0 aromatic heterocycles. The van der Waals surface area contributed by atoms with Crippen molar-refractivity contribution in [2.45, 2.75) is 44.5 Å². The Morgan fingerprint density at radius 3 is 1.17 bits per heavy atom. The Bertz CT molecular complexity index is 251. The summed E-state index contributed by atoms with van der Waals surface area (Å²) >= 11 is -3.62. The predicted octanol–water partition coefficient (Wildman–Crippen LogP) is 3.13. The van der Waals surface area contributed by atoms with Gasteiger partial charge < -0.3 is 0 Å². The quantitative estimate of drug-likeness (QED) is 0.262. The summed E-state index contributed by atoms with van der Waals surface area (Å²) in [5.41, 5.74) is 0.0971.